The van der Waals surface area contributed by atoms with Crippen LogP contribution in [0.5, 0.6) is 0 Å². The van der Waals surface area contributed by atoms with E-state index < -0.39 is 0 Å². The molecule has 0 aliphatic carbocycles. The smallest absolute Gasteiger partial charge is 0.128 e. The zero-order chi connectivity index (χ0) is 11.8. The van der Waals surface area contributed by atoms with Gasteiger partial charge in [0.2, 0.25) is 0 Å². The van der Waals surface area contributed by atoms with Gasteiger partial charge in [-0.15, -0.1) is 0 Å². The number of hydrogen-bond donors (Lipinski definition) is 2. The first-order chi connectivity index (χ1) is 7.68. The van der Waals surface area contributed by atoms with Gasteiger partial charge in [0, 0.05) is 13.1 Å². The van der Waals surface area contributed by atoms with Gasteiger partial charge >= 0.3 is 0 Å². The predicted molar refractivity (Wildman–Crippen MR) is 66.5 cm³/mol. The lowest BCUT2D eigenvalue weighted by atomic mass is 10.4. The number of rotatable bonds is 7. The Balaban J connectivity index is 2.07. The van der Waals surface area contributed by atoms with Crippen molar-refractivity contribution in [2.24, 2.45) is 0 Å². The summed E-state index contributed by atoms with van der Waals surface area (Å²) in [4.78, 5) is 6.21. The monoisotopic (exact) mass is 224 g/mol. The van der Waals surface area contributed by atoms with Crippen molar-refractivity contribution in [3.05, 3.63) is 18.2 Å². The highest BCUT2D eigenvalue weighted by Gasteiger charge is 1.94. The molecule has 0 aliphatic rings. The first-order valence-electron chi connectivity index (χ1n) is 5.37. The van der Waals surface area contributed by atoms with E-state index in [0.717, 1.165) is 25.5 Å². The van der Waals surface area contributed by atoms with Gasteiger partial charge in [-0.05, 0) is 26.2 Å². The van der Waals surface area contributed by atoms with E-state index in [4.69, 9.17) is 10.5 Å². The number of nitrogens with two attached hydrogens (primary N) is 1. The summed E-state index contributed by atoms with van der Waals surface area (Å²) < 4.78 is 5.43. The third-order valence-electron chi connectivity index (χ3n) is 2.01. The van der Waals surface area contributed by atoms with E-state index in [0.29, 0.717) is 12.4 Å². The lowest BCUT2D eigenvalue weighted by molar-refractivity contribution is 0.126. The van der Waals surface area contributed by atoms with E-state index in [9.17, 15) is 0 Å². The second-order valence-electron chi connectivity index (χ2n) is 3.79. The Kier molecular flexibility index (Phi) is 5.60. The Morgan fingerprint density at radius 3 is 2.88 bits per heavy atom. The molecule has 1 heterocycles. The number of nitrogens with zero attached hydrogens (tertiary/aromatic N) is 2. The van der Waals surface area contributed by atoms with Crippen LogP contribution in [-0.4, -0.2) is 50.3 Å². The number of hydrogen-bond acceptors (Lipinski definition) is 5. The van der Waals surface area contributed by atoms with Gasteiger partial charge in [0.15, 0.2) is 0 Å². The molecule has 0 bridgehead atoms. The van der Waals surface area contributed by atoms with Crippen molar-refractivity contribution in [1.29, 1.82) is 0 Å². The molecule has 0 radical (unpaired) electrons. The molecule has 1 aromatic rings. The first kappa shape index (κ1) is 12.7. The molecular formula is C11H20N4O. The van der Waals surface area contributed by atoms with Gasteiger partial charge in [0.25, 0.3) is 0 Å². The summed E-state index contributed by atoms with van der Waals surface area (Å²) in [6.07, 6.45) is 0. The molecule has 16 heavy (non-hydrogen) atoms. The standard InChI is InChI=1S/C11H20N4O/c1-15(2)7-9-16-8-6-13-11-5-3-4-10(12)14-11/h3-5H,6-9H2,1-2H3,(H3,12,13,14). The van der Waals surface area contributed by atoms with Crippen LogP contribution < -0.4 is 11.1 Å². The number of ether oxygens (including phenoxy) is 1. The number of nitrogens with one attached hydrogen (secondary N) is 1. The van der Waals surface area contributed by atoms with E-state index in [1.165, 1.54) is 0 Å². The SMILES string of the molecule is CN(C)CCOCCNc1cccc(N)n1. The van der Waals surface area contributed by atoms with Gasteiger partial charge in [-0.3, -0.25) is 0 Å². The van der Waals surface area contributed by atoms with Crippen LogP contribution in [0.3, 0.4) is 0 Å². The molecule has 0 atom stereocenters. The van der Waals surface area contributed by atoms with Crippen LogP contribution in [-0.2, 0) is 4.74 Å². The van der Waals surface area contributed by atoms with Crippen molar-refractivity contribution in [3.63, 3.8) is 0 Å². The molecule has 0 saturated carbocycles. The first-order valence-corrected chi connectivity index (χ1v) is 5.37. The lowest BCUT2D eigenvalue weighted by Gasteiger charge is -2.10. The molecule has 0 unspecified atom stereocenters. The highest BCUT2D eigenvalue weighted by atomic mass is 16.5. The van der Waals surface area contributed by atoms with Gasteiger partial charge in [-0.25, -0.2) is 4.98 Å². The molecule has 0 fully saturated rings. The van der Waals surface area contributed by atoms with Crippen molar-refractivity contribution in [2.45, 2.75) is 0 Å². The van der Waals surface area contributed by atoms with Crippen LogP contribution >= 0.6 is 0 Å². The van der Waals surface area contributed by atoms with Crippen molar-refractivity contribution in [2.75, 3.05) is 51.4 Å². The normalized spacial score (nSPS) is 10.7. The van der Waals surface area contributed by atoms with Crippen LogP contribution in [0.2, 0.25) is 0 Å². The second kappa shape index (κ2) is 7.03. The Bertz CT molecular complexity index is 304. The molecule has 0 aromatic carbocycles. The number of anilines is 2. The fraction of sp³-hybridized carbons (Fsp3) is 0.545. The fourth-order valence-electron chi connectivity index (χ4n) is 1.15. The molecule has 1 aromatic heterocycles. The van der Waals surface area contributed by atoms with E-state index in [1.807, 2.05) is 26.2 Å². The maximum Gasteiger partial charge on any atom is 0.128 e. The van der Waals surface area contributed by atoms with E-state index >= 15 is 0 Å². The zero-order valence-corrected chi connectivity index (χ0v) is 9.94. The van der Waals surface area contributed by atoms with E-state index in [-0.39, 0.29) is 0 Å². The largest absolute Gasteiger partial charge is 0.384 e. The minimum Gasteiger partial charge on any atom is -0.384 e. The van der Waals surface area contributed by atoms with Crippen molar-refractivity contribution >= 4 is 11.6 Å². The third kappa shape index (κ3) is 5.53. The summed E-state index contributed by atoms with van der Waals surface area (Å²) in [6.45, 7) is 3.10. The quantitative estimate of drug-likeness (QED) is 0.666. The molecule has 3 N–H and O–H groups in total. The molecule has 0 spiro atoms. The van der Waals surface area contributed by atoms with Crippen molar-refractivity contribution in [3.8, 4) is 0 Å². The Morgan fingerprint density at radius 2 is 2.19 bits per heavy atom. The minimum absolute atomic E-state index is 0.526. The maximum absolute atomic E-state index is 5.56. The van der Waals surface area contributed by atoms with Gasteiger partial charge < -0.3 is 20.7 Å². The van der Waals surface area contributed by atoms with E-state index in [2.05, 4.69) is 15.2 Å². The van der Waals surface area contributed by atoms with Crippen LogP contribution in [0.1, 0.15) is 0 Å². The predicted octanol–water partition coefficient (Wildman–Crippen LogP) is 0.654. The van der Waals surface area contributed by atoms with Crippen molar-refractivity contribution < 1.29 is 4.74 Å². The summed E-state index contributed by atoms with van der Waals surface area (Å²) in [6, 6.07) is 5.52. The van der Waals surface area contributed by atoms with Gasteiger partial charge in [-0.2, -0.15) is 0 Å². The topological polar surface area (TPSA) is 63.4 Å². The summed E-state index contributed by atoms with van der Waals surface area (Å²) in [5.41, 5.74) is 5.56. The summed E-state index contributed by atoms with van der Waals surface area (Å²) in [5.74, 6) is 1.31. The molecule has 1 rings (SSSR count). The summed E-state index contributed by atoms with van der Waals surface area (Å²) >= 11 is 0. The highest BCUT2D eigenvalue weighted by Crippen LogP contribution is 2.04. The molecule has 0 amide bonds. The second-order valence-corrected chi connectivity index (χ2v) is 3.79. The van der Waals surface area contributed by atoms with Gasteiger partial charge in [-0.1, -0.05) is 6.07 Å². The zero-order valence-electron chi connectivity index (χ0n) is 9.94. The molecule has 90 valence electrons. The highest BCUT2D eigenvalue weighted by molar-refractivity contribution is 5.41. The Labute approximate surface area is 96.6 Å². The molecular weight excluding hydrogens is 204 g/mol. The fourth-order valence-corrected chi connectivity index (χ4v) is 1.15. The third-order valence-corrected chi connectivity index (χ3v) is 2.01. The summed E-state index contributed by atoms with van der Waals surface area (Å²) in [7, 11) is 4.05. The van der Waals surface area contributed by atoms with Crippen LogP contribution in [0.4, 0.5) is 11.6 Å². The van der Waals surface area contributed by atoms with Gasteiger partial charge in [0.1, 0.15) is 11.6 Å². The molecule has 5 heteroatoms. The molecule has 0 aliphatic heterocycles. The lowest BCUT2D eigenvalue weighted by Crippen LogP contribution is -2.20. The average molecular weight is 224 g/mol. The molecule has 0 saturated heterocycles. The Morgan fingerprint density at radius 1 is 1.38 bits per heavy atom. The number of nitrogen functional groups attached to an aromatic ring is 1. The van der Waals surface area contributed by atoms with Gasteiger partial charge in [0.05, 0.1) is 13.2 Å². The maximum atomic E-state index is 5.56. The van der Waals surface area contributed by atoms with E-state index in [1.54, 1.807) is 6.07 Å². The number of likely N-dealkylation sites (N-methyl/N-ethyl adjacent to an activating group) is 1. The minimum atomic E-state index is 0.526. The average Bonchev–Trinajstić information content (AvgIpc) is 2.23. The van der Waals surface area contributed by atoms with Crippen LogP contribution in [0.25, 0.3) is 0 Å². The number of aromatic nitrogens is 1. The number of pyridine rings is 1. The molecule has 5 nitrogen and oxygen atoms in total. The van der Waals surface area contributed by atoms with Crippen LogP contribution in [0.15, 0.2) is 18.2 Å². The summed E-state index contributed by atoms with van der Waals surface area (Å²) in [5, 5.41) is 3.14. The Hall–Kier alpha value is -1.33. The van der Waals surface area contributed by atoms with Crippen molar-refractivity contribution in [1.82, 2.24) is 9.88 Å². The van der Waals surface area contributed by atoms with Crippen LogP contribution in [0, 0.1) is 0 Å².